The van der Waals surface area contributed by atoms with Crippen molar-refractivity contribution in [1.29, 1.82) is 0 Å². The normalized spacial score (nSPS) is 21.3. The van der Waals surface area contributed by atoms with Crippen molar-refractivity contribution < 1.29 is 4.79 Å². The Hall–Kier alpha value is -2.41. The molecule has 1 atom stereocenters. The predicted molar refractivity (Wildman–Crippen MR) is 82.4 cm³/mol. The molecule has 0 aliphatic heterocycles. The lowest BCUT2D eigenvalue weighted by Gasteiger charge is -2.32. The summed E-state index contributed by atoms with van der Waals surface area (Å²) in [5.41, 5.74) is 2.65. The lowest BCUT2D eigenvalue weighted by atomic mass is 9.68. The fraction of sp³-hybridized carbons (Fsp3) is 0.105. The van der Waals surface area contributed by atoms with Crippen LogP contribution in [0.5, 0.6) is 0 Å². The van der Waals surface area contributed by atoms with Crippen LogP contribution in [0, 0.1) is 0 Å². The number of carbonyl (C=O) groups is 1. The molecule has 3 rings (SSSR count). The van der Waals surface area contributed by atoms with E-state index in [2.05, 4.69) is 24.3 Å². The molecule has 0 saturated heterocycles. The molecule has 1 unspecified atom stereocenters. The molecule has 0 fully saturated rings. The van der Waals surface area contributed by atoms with Gasteiger partial charge in [0.1, 0.15) is 6.29 Å². The molecule has 0 N–H and O–H groups in total. The van der Waals surface area contributed by atoms with Crippen LogP contribution in [0.3, 0.4) is 0 Å². The molecule has 0 heterocycles. The Morgan fingerprint density at radius 1 is 0.900 bits per heavy atom. The molecule has 0 radical (unpaired) electrons. The van der Waals surface area contributed by atoms with Crippen molar-refractivity contribution in [3.63, 3.8) is 0 Å². The first-order valence-corrected chi connectivity index (χ1v) is 6.81. The van der Waals surface area contributed by atoms with Gasteiger partial charge in [0.15, 0.2) is 0 Å². The third-order valence-corrected chi connectivity index (χ3v) is 3.89. The van der Waals surface area contributed by atoms with Crippen LogP contribution in [0.4, 0.5) is 0 Å². The van der Waals surface area contributed by atoms with E-state index in [4.69, 9.17) is 0 Å². The van der Waals surface area contributed by atoms with Crippen molar-refractivity contribution in [3.8, 4) is 0 Å². The van der Waals surface area contributed by atoms with Crippen LogP contribution < -0.4 is 0 Å². The van der Waals surface area contributed by atoms with Crippen LogP contribution in [0.15, 0.2) is 78.9 Å². The van der Waals surface area contributed by atoms with Gasteiger partial charge in [0.05, 0.1) is 5.41 Å². The number of allylic oxidation sites excluding steroid dienone is 4. The van der Waals surface area contributed by atoms with E-state index in [1.807, 2.05) is 54.6 Å². The third kappa shape index (κ3) is 2.01. The van der Waals surface area contributed by atoms with Crippen LogP contribution in [0.2, 0.25) is 0 Å². The van der Waals surface area contributed by atoms with Gasteiger partial charge < -0.3 is 4.79 Å². The molecule has 0 amide bonds. The molecule has 0 aromatic heterocycles. The number of rotatable bonds is 3. The van der Waals surface area contributed by atoms with E-state index < -0.39 is 5.41 Å². The molecule has 1 aliphatic carbocycles. The highest BCUT2D eigenvalue weighted by molar-refractivity contribution is 5.93. The first-order chi connectivity index (χ1) is 9.87. The molecule has 0 spiro atoms. The molecule has 1 heteroatoms. The lowest BCUT2D eigenvalue weighted by molar-refractivity contribution is -0.110. The molecule has 1 nitrogen and oxygen atoms in total. The second-order valence-corrected chi connectivity index (χ2v) is 5.03. The van der Waals surface area contributed by atoms with Gasteiger partial charge in [-0.05, 0) is 23.1 Å². The summed E-state index contributed by atoms with van der Waals surface area (Å²) < 4.78 is 0. The van der Waals surface area contributed by atoms with Gasteiger partial charge in [-0.3, -0.25) is 0 Å². The van der Waals surface area contributed by atoms with Gasteiger partial charge in [-0.25, -0.2) is 0 Å². The molecule has 2 aromatic carbocycles. The van der Waals surface area contributed by atoms with Gasteiger partial charge in [0.2, 0.25) is 0 Å². The van der Waals surface area contributed by atoms with Crippen LogP contribution in [-0.4, -0.2) is 6.29 Å². The Labute approximate surface area is 119 Å². The quantitative estimate of drug-likeness (QED) is 0.757. The maximum Gasteiger partial charge on any atom is 0.135 e. The van der Waals surface area contributed by atoms with Crippen LogP contribution >= 0.6 is 0 Å². The molecule has 20 heavy (non-hydrogen) atoms. The first kappa shape index (κ1) is 12.6. The second kappa shape index (κ2) is 5.30. The zero-order chi connectivity index (χ0) is 13.8. The van der Waals surface area contributed by atoms with Gasteiger partial charge in [0.25, 0.3) is 0 Å². The van der Waals surface area contributed by atoms with Crippen molar-refractivity contribution in [3.05, 3.63) is 90.0 Å². The number of hydrogen-bond donors (Lipinski definition) is 0. The minimum absolute atomic E-state index is 0.572. The SMILES string of the molecule is O=CC1(c2ccccc2)CC=CC=C1c1ccccc1. The maximum absolute atomic E-state index is 12.0. The monoisotopic (exact) mass is 260 g/mol. The molecule has 1 aliphatic rings. The van der Waals surface area contributed by atoms with E-state index in [9.17, 15) is 4.79 Å². The van der Waals surface area contributed by atoms with Gasteiger partial charge in [0, 0.05) is 0 Å². The fourth-order valence-electron chi connectivity index (χ4n) is 2.84. The van der Waals surface area contributed by atoms with Crippen molar-refractivity contribution >= 4 is 11.9 Å². The van der Waals surface area contributed by atoms with E-state index in [1.54, 1.807) is 0 Å². The minimum atomic E-state index is -0.572. The Bertz CT molecular complexity index is 653. The lowest BCUT2D eigenvalue weighted by Crippen LogP contribution is -2.30. The topological polar surface area (TPSA) is 17.1 Å². The highest BCUT2D eigenvalue weighted by atomic mass is 16.1. The van der Waals surface area contributed by atoms with Gasteiger partial charge >= 0.3 is 0 Å². The molecule has 2 aromatic rings. The van der Waals surface area contributed by atoms with E-state index >= 15 is 0 Å². The van der Waals surface area contributed by atoms with Crippen LogP contribution in [-0.2, 0) is 10.2 Å². The van der Waals surface area contributed by atoms with Crippen LogP contribution in [0.25, 0.3) is 5.57 Å². The summed E-state index contributed by atoms with van der Waals surface area (Å²) in [5, 5.41) is 0. The summed E-state index contributed by atoms with van der Waals surface area (Å²) >= 11 is 0. The summed E-state index contributed by atoms with van der Waals surface area (Å²) in [6, 6.07) is 20.2. The molecule has 0 bridgehead atoms. The maximum atomic E-state index is 12.0. The zero-order valence-corrected chi connectivity index (χ0v) is 11.2. The van der Waals surface area contributed by atoms with Gasteiger partial charge in [-0.1, -0.05) is 78.9 Å². The van der Waals surface area contributed by atoms with Crippen molar-refractivity contribution in [2.24, 2.45) is 0 Å². The van der Waals surface area contributed by atoms with Crippen molar-refractivity contribution in [1.82, 2.24) is 0 Å². The third-order valence-electron chi connectivity index (χ3n) is 3.89. The summed E-state index contributed by atoms with van der Waals surface area (Å²) in [6.45, 7) is 0. The van der Waals surface area contributed by atoms with E-state index in [0.29, 0.717) is 6.42 Å². The molecular formula is C19H16O. The summed E-state index contributed by atoms with van der Waals surface area (Å²) in [6.07, 6.45) is 7.95. The number of aldehydes is 1. The predicted octanol–water partition coefficient (Wildman–Crippen LogP) is 4.17. The number of hydrogen-bond acceptors (Lipinski definition) is 1. The average Bonchev–Trinajstić information content (AvgIpc) is 2.56. The largest absolute Gasteiger partial charge is 0.302 e. The van der Waals surface area contributed by atoms with E-state index in [-0.39, 0.29) is 0 Å². The Balaban J connectivity index is 2.17. The summed E-state index contributed by atoms with van der Waals surface area (Å²) in [5.74, 6) is 0. The summed E-state index contributed by atoms with van der Waals surface area (Å²) in [4.78, 5) is 12.0. The van der Waals surface area contributed by atoms with Crippen molar-refractivity contribution in [2.45, 2.75) is 11.8 Å². The average molecular weight is 260 g/mol. The number of carbonyl (C=O) groups excluding carboxylic acids is 1. The number of benzene rings is 2. The van der Waals surface area contributed by atoms with E-state index in [0.717, 1.165) is 23.0 Å². The first-order valence-electron chi connectivity index (χ1n) is 6.81. The Kier molecular flexibility index (Phi) is 3.34. The highest BCUT2D eigenvalue weighted by Gasteiger charge is 2.36. The Morgan fingerprint density at radius 2 is 1.55 bits per heavy atom. The molecule has 0 saturated carbocycles. The smallest absolute Gasteiger partial charge is 0.135 e. The molecule has 98 valence electrons. The van der Waals surface area contributed by atoms with E-state index in [1.165, 1.54) is 0 Å². The van der Waals surface area contributed by atoms with Gasteiger partial charge in [-0.15, -0.1) is 0 Å². The highest BCUT2D eigenvalue weighted by Crippen LogP contribution is 2.42. The minimum Gasteiger partial charge on any atom is -0.302 e. The zero-order valence-electron chi connectivity index (χ0n) is 11.2. The molecular weight excluding hydrogens is 244 g/mol. The summed E-state index contributed by atoms with van der Waals surface area (Å²) in [7, 11) is 0. The standard InChI is InChI=1S/C19H16O/c20-15-19(17-11-5-2-6-12-17)14-8-7-13-18(19)16-9-3-1-4-10-16/h1-13,15H,14H2. The van der Waals surface area contributed by atoms with Crippen molar-refractivity contribution in [2.75, 3.05) is 0 Å². The Morgan fingerprint density at radius 3 is 2.20 bits per heavy atom. The van der Waals surface area contributed by atoms with Crippen LogP contribution in [0.1, 0.15) is 17.5 Å². The second-order valence-electron chi connectivity index (χ2n) is 5.03. The fourth-order valence-corrected chi connectivity index (χ4v) is 2.84. The van der Waals surface area contributed by atoms with Gasteiger partial charge in [-0.2, -0.15) is 0 Å².